The number of rotatable bonds is 2. The highest BCUT2D eigenvalue weighted by molar-refractivity contribution is 6.15. The lowest BCUT2D eigenvalue weighted by Gasteiger charge is -2.23. The molecule has 0 heterocycles. The van der Waals surface area contributed by atoms with E-state index in [1.807, 2.05) is 84.9 Å². The molecule has 0 aromatic heterocycles. The lowest BCUT2D eigenvalue weighted by Crippen LogP contribution is -2.17. The van der Waals surface area contributed by atoms with E-state index in [9.17, 15) is 8.78 Å². The van der Waals surface area contributed by atoms with Crippen molar-refractivity contribution in [3.8, 4) is 0 Å². The SMILES string of the molecule is FC1C=C(c2cccc3ccccc23)C(c2cccc3ccccc23)=CC1F. The quantitative estimate of drug-likeness (QED) is 0.352. The van der Waals surface area contributed by atoms with Gasteiger partial charge in [-0.05, 0) is 56.0 Å². The van der Waals surface area contributed by atoms with Crippen LogP contribution in [0.5, 0.6) is 0 Å². The number of halogens is 2. The van der Waals surface area contributed by atoms with Gasteiger partial charge in [-0.15, -0.1) is 0 Å². The van der Waals surface area contributed by atoms with E-state index in [0.717, 1.165) is 43.8 Å². The zero-order valence-corrected chi connectivity index (χ0v) is 15.1. The van der Waals surface area contributed by atoms with Gasteiger partial charge in [0.1, 0.15) is 0 Å². The minimum Gasteiger partial charge on any atom is -0.239 e. The van der Waals surface area contributed by atoms with E-state index in [0.29, 0.717) is 0 Å². The smallest absolute Gasteiger partial charge is 0.154 e. The number of hydrogen-bond donors (Lipinski definition) is 0. The number of hydrogen-bond acceptors (Lipinski definition) is 0. The Morgan fingerprint density at radius 3 is 1.32 bits per heavy atom. The minimum atomic E-state index is -1.65. The summed E-state index contributed by atoms with van der Waals surface area (Å²) < 4.78 is 28.8. The second-order valence-electron chi connectivity index (χ2n) is 7.10. The van der Waals surface area contributed by atoms with Crippen molar-refractivity contribution in [2.75, 3.05) is 0 Å². The van der Waals surface area contributed by atoms with Crippen molar-refractivity contribution in [1.82, 2.24) is 0 Å². The number of allylic oxidation sites excluding steroid dienone is 4. The molecule has 5 rings (SSSR count). The zero-order valence-electron chi connectivity index (χ0n) is 15.1. The standard InChI is InChI=1S/C26H18F2/c27-25-15-23(21-13-5-9-17-7-1-3-11-19(17)21)24(16-26(25)28)22-14-6-10-18-8-2-4-12-20(18)22/h1-16,25-26H. The molecular weight excluding hydrogens is 350 g/mol. The van der Waals surface area contributed by atoms with E-state index < -0.39 is 12.3 Å². The maximum absolute atomic E-state index is 14.4. The van der Waals surface area contributed by atoms with Crippen LogP contribution in [0.15, 0.2) is 97.1 Å². The molecule has 0 amide bonds. The third-order valence-electron chi connectivity index (χ3n) is 5.41. The Balaban J connectivity index is 1.78. The topological polar surface area (TPSA) is 0 Å². The van der Waals surface area contributed by atoms with Crippen molar-refractivity contribution in [1.29, 1.82) is 0 Å². The van der Waals surface area contributed by atoms with Crippen LogP contribution < -0.4 is 0 Å². The molecule has 0 bridgehead atoms. The van der Waals surface area contributed by atoms with Crippen LogP contribution in [0.2, 0.25) is 0 Å². The highest BCUT2D eigenvalue weighted by Gasteiger charge is 2.27. The molecule has 1 aliphatic rings. The van der Waals surface area contributed by atoms with E-state index >= 15 is 0 Å². The molecule has 4 aromatic carbocycles. The molecule has 136 valence electrons. The summed E-state index contributed by atoms with van der Waals surface area (Å²) in [6.07, 6.45) is -0.423. The van der Waals surface area contributed by atoms with Crippen LogP contribution in [0, 0.1) is 0 Å². The molecule has 0 nitrogen and oxygen atoms in total. The van der Waals surface area contributed by atoms with Crippen molar-refractivity contribution in [2.45, 2.75) is 12.3 Å². The van der Waals surface area contributed by atoms with Gasteiger partial charge in [0.15, 0.2) is 12.3 Å². The Morgan fingerprint density at radius 2 is 0.857 bits per heavy atom. The summed E-state index contributed by atoms with van der Waals surface area (Å²) in [5, 5.41) is 4.23. The molecule has 4 aromatic rings. The summed E-state index contributed by atoms with van der Waals surface area (Å²) in [6.45, 7) is 0. The van der Waals surface area contributed by atoms with Crippen molar-refractivity contribution < 1.29 is 8.78 Å². The highest BCUT2D eigenvalue weighted by Crippen LogP contribution is 2.41. The maximum Gasteiger partial charge on any atom is 0.154 e. The second-order valence-corrected chi connectivity index (χ2v) is 7.10. The van der Waals surface area contributed by atoms with E-state index in [2.05, 4.69) is 0 Å². The zero-order chi connectivity index (χ0) is 19.1. The summed E-state index contributed by atoms with van der Waals surface area (Å²) in [4.78, 5) is 0. The van der Waals surface area contributed by atoms with Gasteiger partial charge in [-0.2, -0.15) is 0 Å². The van der Waals surface area contributed by atoms with Crippen molar-refractivity contribution >= 4 is 32.7 Å². The minimum absolute atomic E-state index is 0.745. The predicted molar refractivity (Wildman–Crippen MR) is 114 cm³/mol. The van der Waals surface area contributed by atoms with E-state index in [-0.39, 0.29) is 0 Å². The summed E-state index contributed by atoms with van der Waals surface area (Å²) in [6, 6.07) is 28.0. The first kappa shape index (κ1) is 16.9. The maximum atomic E-state index is 14.4. The largest absolute Gasteiger partial charge is 0.239 e. The van der Waals surface area contributed by atoms with Gasteiger partial charge in [0.25, 0.3) is 0 Å². The van der Waals surface area contributed by atoms with Crippen LogP contribution in [0.4, 0.5) is 8.78 Å². The molecule has 2 unspecified atom stereocenters. The Bertz CT molecular complexity index is 1140. The molecule has 0 radical (unpaired) electrons. The van der Waals surface area contributed by atoms with Gasteiger partial charge in [-0.25, -0.2) is 8.78 Å². The summed E-state index contributed by atoms with van der Waals surface area (Å²) in [5.74, 6) is 0. The van der Waals surface area contributed by atoms with Crippen LogP contribution in [0.1, 0.15) is 11.1 Å². The Hall–Kier alpha value is -3.26. The van der Waals surface area contributed by atoms with Crippen molar-refractivity contribution in [2.24, 2.45) is 0 Å². The molecule has 0 fully saturated rings. The van der Waals surface area contributed by atoms with Gasteiger partial charge < -0.3 is 0 Å². The summed E-state index contributed by atoms with van der Waals surface area (Å²) in [5.41, 5.74) is 3.34. The van der Waals surface area contributed by atoms with Crippen LogP contribution in [0.25, 0.3) is 32.7 Å². The molecule has 1 aliphatic carbocycles. The number of benzene rings is 4. The van der Waals surface area contributed by atoms with Crippen LogP contribution in [0.3, 0.4) is 0 Å². The van der Waals surface area contributed by atoms with Gasteiger partial charge in [0, 0.05) is 0 Å². The van der Waals surface area contributed by atoms with Gasteiger partial charge in [-0.3, -0.25) is 0 Å². The number of fused-ring (bicyclic) bond motifs is 2. The van der Waals surface area contributed by atoms with Gasteiger partial charge in [0.2, 0.25) is 0 Å². The molecule has 0 saturated heterocycles. The molecule has 2 heteroatoms. The lowest BCUT2D eigenvalue weighted by molar-refractivity contribution is 0.247. The van der Waals surface area contributed by atoms with E-state index in [1.54, 1.807) is 0 Å². The predicted octanol–water partition coefficient (Wildman–Crippen LogP) is 7.15. The summed E-state index contributed by atoms with van der Waals surface area (Å²) >= 11 is 0. The fraction of sp³-hybridized carbons (Fsp3) is 0.0769. The first-order valence-corrected chi connectivity index (χ1v) is 9.41. The van der Waals surface area contributed by atoms with Crippen LogP contribution in [-0.4, -0.2) is 12.3 Å². The third kappa shape index (κ3) is 2.73. The van der Waals surface area contributed by atoms with Crippen molar-refractivity contribution in [3.63, 3.8) is 0 Å². The highest BCUT2D eigenvalue weighted by atomic mass is 19.2. The Morgan fingerprint density at radius 1 is 0.464 bits per heavy atom. The van der Waals surface area contributed by atoms with Crippen LogP contribution >= 0.6 is 0 Å². The van der Waals surface area contributed by atoms with E-state index in [1.165, 1.54) is 12.2 Å². The second kappa shape index (κ2) is 6.72. The molecule has 0 N–H and O–H groups in total. The fourth-order valence-corrected chi connectivity index (χ4v) is 4.07. The molecule has 0 spiro atoms. The first-order valence-electron chi connectivity index (χ1n) is 9.41. The molecule has 0 aliphatic heterocycles. The van der Waals surface area contributed by atoms with Gasteiger partial charge >= 0.3 is 0 Å². The molecule has 28 heavy (non-hydrogen) atoms. The lowest BCUT2D eigenvalue weighted by atomic mass is 9.83. The van der Waals surface area contributed by atoms with Gasteiger partial charge in [0.05, 0.1) is 0 Å². The fourth-order valence-electron chi connectivity index (χ4n) is 4.07. The van der Waals surface area contributed by atoms with Crippen molar-refractivity contribution in [3.05, 3.63) is 108 Å². The average Bonchev–Trinajstić information content (AvgIpc) is 2.74. The first-order chi connectivity index (χ1) is 13.7. The average molecular weight is 368 g/mol. The summed E-state index contributed by atoms with van der Waals surface area (Å²) in [7, 11) is 0. The molecule has 2 atom stereocenters. The third-order valence-corrected chi connectivity index (χ3v) is 5.41. The molecule has 0 saturated carbocycles. The normalized spacial score (nSPS) is 19.5. The van der Waals surface area contributed by atoms with Crippen LogP contribution in [-0.2, 0) is 0 Å². The monoisotopic (exact) mass is 368 g/mol. The Kier molecular flexibility index (Phi) is 4.05. The van der Waals surface area contributed by atoms with E-state index in [4.69, 9.17) is 0 Å². The molecular formula is C26H18F2. The number of alkyl halides is 2. The van der Waals surface area contributed by atoms with Gasteiger partial charge in [-0.1, -0.05) is 84.9 Å². The Labute approximate surface area is 162 Å².